The van der Waals surface area contributed by atoms with E-state index in [9.17, 15) is 0 Å². The fourth-order valence-corrected chi connectivity index (χ4v) is 2.02. The van der Waals surface area contributed by atoms with Crippen LogP contribution in [0.5, 0.6) is 5.75 Å². The van der Waals surface area contributed by atoms with Crippen LogP contribution in [0.4, 0.5) is 5.69 Å². The van der Waals surface area contributed by atoms with Crippen LogP contribution in [-0.4, -0.2) is 23.6 Å². The Kier molecular flexibility index (Phi) is 4.90. The van der Waals surface area contributed by atoms with Crippen LogP contribution in [0.15, 0.2) is 42.6 Å². The van der Waals surface area contributed by atoms with Crippen molar-refractivity contribution in [2.24, 2.45) is 5.73 Å². The summed E-state index contributed by atoms with van der Waals surface area (Å²) >= 11 is 4.87. The van der Waals surface area contributed by atoms with Crippen molar-refractivity contribution in [3.63, 3.8) is 0 Å². The van der Waals surface area contributed by atoms with Gasteiger partial charge in [-0.3, -0.25) is 4.98 Å². The predicted octanol–water partition coefficient (Wildman–Crippen LogP) is 2.38. The van der Waals surface area contributed by atoms with E-state index in [4.69, 9.17) is 22.7 Å². The monoisotopic (exact) mass is 287 g/mol. The van der Waals surface area contributed by atoms with Gasteiger partial charge in [0.25, 0.3) is 0 Å². The standard InChI is InChI=1S/C15H17N3OS/c1-19-14-5-3-2-4-11(14)8-9-17-12-6-7-13(15(16)20)18-10-12/h2-7,10,17H,8-9H2,1H3,(H2,16,20). The molecule has 1 heterocycles. The number of ether oxygens (including phenoxy) is 1. The predicted molar refractivity (Wildman–Crippen MR) is 85.3 cm³/mol. The Balaban J connectivity index is 1.91. The molecule has 2 aromatic rings. The van der Waals surface area contributed by atoms with E-state index in [1.165, 1.54) is 5.56 Å². The Labute approximate surface area is 124 Å². The Bertz CT molecular complexity index is 584. The number of para-hydroxylation sites is 1. The Morgan fingerprint density at radius 3 is 2.75 bits per heavy atom. The van der Waals surface area contributed by atoms with Gasteiger partial charge in [0.1, 0.15) is 10.7 Å². The average molecular weight is 287 g/mol. The molecule has 0 atom stereocenters. The van der Waals surface area contributed by atoms with Crippen LogP contribution < -0.4 is 15.8 Å². The molecule has 0 unspecified atom stereocenters. The largest absolute Gasteiger partial charge is 0.496 e. The molecule has 2 rings (SSSR count). The van der Waals surface area contributed by atoms with E-state index in [0.29, 0.717) is 10.7 Å². The molecule has 0 aliphatic rings. The first kappa shape index (κ1) is 14.3. The van der Waals surface area contributed by atoms with Crippen molar-refractivity contribution in [3.05, 3.63) is 53.9 Å². The van der Waals surface area contributed by atoms with Gasteiger partial charge in [-0.05, 0) is 30.2 Å². The number of pyridine rings is 1. The lowest BCUT2D eigenvalue weighted by atomic mass is 10.1. The molecule has 5 heteroatoms. The highest BCUT2D eigenvalue weighted by molar-refractivity contribution is 7.80. The third kappa shape index (κ3) is 3.68. The summed E-state index contributed by atoms with van der Waals surface area (Å²) in [6.07, 6.45) is 2.61. The Morgan fingerprint density at radius 1 is 1.30 bits per heavy atom. The maximum absolute atomic E-state index is 5.51. The average Bonchev–Trinajstić information content (AvgIpc) is 2.48. The van der Waals surface area contributed by atoms with Gasteiger partial charge in [0.05, 0.1) is 24.7 Å². The van der Waals surface area contributed by atoms with Gasteiger partial charge < -0.3 is 15.8 Å². The maximum Gasteiger partial charge on any atom is 0.122 e. The summed E-state index contributed by atoms with van der Waals surface area (Å²) in [6.45, 7) is 0.800. The van der Waals surface area contributed by atoms with Gasteiger partial charge >= 0.3 is 0 Å². The summed E-state index contributed by atoms with van der Waals surface area (Å²) in [5.41, 5.74) is 8.26. The van der Waals surface area contributed by atoms with E-state index in [2.05, 4.69) is 16.4 Å². The Morgan fingerprint density at radius 2 is 2.10 bits per heavy atom. The molecule has 0 spiro atoms. The minimum Gasteiger partial charge on any atom is -0.496 e. The zero-order valence-corrected chi connectivity index (χ0v) is 12.1. The number of thiocarbonyl (C=S) groups is 1. The zero-order chi connectivity index (χ0) is 14.4. The van der Waals surface area contributed by atoms with Gasteiger partial charge in [0, 0.05) is 6.54 Å². The molecule has 3 N–H and O–H groups in total. The fraction of sp³-hybridized carbons (Fsp3) is 0.200. The highest BCUT2D eigenvalue weighted by Gasteiger charge is 2.02. The third-order valence-electron chi connectivity index (χ3n) is 2.93. The number of rotatable bonds is 6. The molecule has 0 amide bonds. The smallest absolute Gasteiger partial charge is 0.122 e. The van der Waals surface area contributed by atoms with E-state index in [-0.39, 0.29) is 0 Å². The Hall–Kier alpha value is -2.14. The fourth-order valence-electron chi connectivity index (χ4n) is 1.90. The number of nitrogens with zero attached hydrogens (tertiary/aromatic N) is 1. The minimum atomic E-state index is 0.311. The van der Waals surface area contributed by atoms with Crippen molar-refractivity contribution in [3.8, 4) is 5.75 Å². The van der Waals surface area contributed by atoms with Crippen molar-refractivity contribution < 1.29 is 4.74 Å². The van der Waals surface area contributed by atoms with Gasteiger partial charge in [0.15, 0.2) is 0 Å². The second kappa shape index (κ2) is 6.86. The summed E-state index contributed by atoms with van der Waals surface area (Å²) in [7, 11) is 1.69. The molecule has 20 heavy (non-hydrogen) atoms. The number of nitrogens with two attached hydrogens (primary N) is 1. The minimum absolute atomic E-state index is 0.311. The summed E-state index contributed by atoms with van der Waals surface area (Å²) in [6, 6.07) is 11.7. The quantitative estimate of drug-likeness (QED) is 0.799. The van der Waals surface area contributed by atoms with Gasteiger partial charge in [0.2, 0.25) is 0 Å². The molecule has 0 aliphatic carbocycles. The molecule has 0 saturated carbocycles. The second-order valence-electron chi connectivity index (χ2n) is 4.28. The number of benzene rings is 1. The number of nitrogens with one attached hydrogen (secondary N) is 1. The molecular weight excluding hydrogens is 270 g/mol. The van der Waals surface area contributed by atoms with Crippen molar-refractivity contribution in [2.75, 3.05) is 19.0 Å². The number of methoxy groups -OCH3 is 1. The molecule has 1 aromatic carbocycles. The van der Waals surface area contributed by atoms with Crippen LogP contribution in [0.25, 0.3) is 0 Å². The molecule has 1 aromatic heterocycles. The molecule has 104 valence electrons. The lowest BCUT2D eigenvalue weighted by molar-refractivity contribution is 0.410. The summed E-state index contributed by atoms with van der Waals surface area (Å²) in [5, 5.41) is 3.31. The molecule has 0 aliphatic heterocycles. The lowest BCUT2D eigenvalue weighted by Crippen LogP contribution is -2.12. The van der Waals surface area contributed by atoms with Crippen molar-refractivity contribution in [2.45, 2.75) is 6.42 Å². The van der Waals surface area contributed by atoms with E-state index in [1.54, 1.807) is 13.3 Å². The second-order valence-corrected chi connectivity index (χ2v) is 4.72. The first-order valence-electron chi connectivity index (χ1n) is 6.32. The van der Waals surface area contributed by atoms with Gasteiger partial charge in [-0.25, -0.2) is 0 Å². The maximum atomic E-state index is 5.51. The third-order valence-corrected chi connectivity index (χ3v) is 3.14. The zero-order valence-electron chi connectivity index (χ0n) is 11.3. The van der Waals surface area contributed by atoms with E-state index in [1.807, 2.05) is 30.3 Å². The molecule has 4 nitrogen and oxygen atoms in total. The highest BCUT2D eigenvalue weighted by Crippen LogP contribution is 2.17. The van der Waals surface area contributed by atoms with Gasteiger partial charge in [-0.2, -0.15) is 0 Å². The first-order valence-corrected chi connectivity index (χ1v) is 6.73. The van der Waals surface area contributed by atoms with Crippen LogP contribution in [-0.2, 0) is 6.42 Å². The van der Waals surface area contributed by atoms with Crippen LogP contribution in [0, 0.1) is 0 Å². The normalized spacial score (nSPS) is 10.1. The number of hydrogen-bond donors (Lipinski definition) is 2. The lowest BCUT2D eigenvalue weighted by Gasteiger charge is -2.09. The van der Waals surface area contributed by atoms with E-state index < -0.39 is 0 Å². The highest BCUT2D eigenvalue weighted by atomic mass is 32.1. The summed E-state index contributed by atoms with van der Waals surface area (Å²) in [5.74, 6) is 0.913. The van der Waals surface area contributed by atoms with Crippen LogP contribution in [0.3, 0.4) is 0 Å². The summed E-state index contributed by atoms with van der Waals surface area (Å²) < 4.78 is 5.32. The van der Waals surface area contributed by atoms with Crippen LogP contribution in [0.1, 0.15) is 11.3 Å². The molecule has 0 radical (unpaired) electrons. The van der Waals surface area contributed by atoms with Gasteiger partial charge in [-0.15, -0.1) is 0 Å². The van der Waals surface area contributed by atoms with E-state index in [0.717, 1.165) is 24.4 Å². The SMILES string of the molecule is COc1ccccc1CCNc1ccc(C(N)=S)nc1. The first-order chi connectivity index (χ1) is 9.70. The molecular formula is C15H17N3OS. The van der Waals surface area contributed by atoms with Crippen molar-refractivity contribution in [1.29, 1.82) is 0 Å². The van der Waals surface area contributed by atoms with Crippen molar-refractivity contribution >= 4 is 22.9 Å². The van der Waals surface area contributed by atoms with E-state index >= 15 is 0 Å². The summed E-state index contributed by atoms with van der Waals surface area (Å²) in [4.78, 5) is 4.49. The molecule has 0 saturated heterocycles. The number of aromatic nitrogens is 1. The number of hydrogen-bond acceptors (Lipinski definition) is 4. The molecule has 0 fully saturated rings. The number of anilines is 1. The van der Waals surface area contributed by atoms with Crippen molar-refractivity contribution in [1.82, 2.24) is 4.98 Å². The van der Waals surface area contributed by atoms with Crippen LogP contribution >= 0.6 is 12.2 Å². The molecule has 0 bridgehead atoms. The van der Waals surface area contributed by atoms with Gasteiger partial charge in [-0.1, -0.05) is 30.4 Å². The van der Waals surface area contributed by atoms with Crippen LogP contribution in [0.2, 0.25) is 0 Å². The topological polar surface area (TPSA) is 60.2 Å².